The van der Waals surface area contributed by atoms with Gasteiger partial charge in [0.1, 0.15) is 6.61 Å². The first-order valence-corrected chi connectivity index (χ1v) is 7.22. The molecule has 1 aromatic carbocycles. The van der Waals surface area contributed by atoms with E-state index in [1.807, 2.05) is 30.3 Å². The predicted molar refractivity (Wildman–Crippen MR) is 85.1 cm³/mol. The van der Waals surface area contributed by atoms with Gasteiger partial charge in [0.15, 0.2) is 0 Å². The lowest BCUT2D eigenvalue weighted by atomic mass is 10.2. The van der Waals surface area contributed by atoms with Crippen LogP contribution in [0.5, 0.6) is 0 Å². The molecule has 0 aliphatic carbocycles. The van der Waals surface area contributed by atoms with Crippen LogP contribution in [0.15, 0.2) is 42.5 Å². The Bertz CT molecular complexity index is 721. The zero-order chi connectivity index (χ0) is 16.5. The number of nitrogens with zero attached hydrogens (tertiary/aromatic N) is 1. The topological polar surface area (TPSA) is 51.2 Å². The molecule has 0 unspecified atom stereocenters. The average Bonchev–Trinajstić information content (AvgIpc) is 2.55. The van der Waals surface area contributed by atoms with Crippen molar-refractivity contribution in [3.05, 3.63) is 65.2 Å². The Morgan fingerprint density at radius 1 is 1.26 bits per heavy atom. The van der Waals surface area contributed by atoms with E-state index < -0.39 is 12.0 Å². The van der Waals surface area contributed by atoms with Gasteiger partial charge in [0.25, 0.3) is 0 Å². The fraction of sp³-hybridized carbons (Fsp3) is 0.222. The fourth-order valence-electron chi connectivity index (χ4n) is 1.82. The molecule has 0 atom stereocenters. The van der Waals surface area contributed by atoms with Gasteiger partial charge in [-0.25, -0.2) is 9.78 Å². The van der Waals surface area contributed by atoms with Crippen LogP contribution >= 0.6 is 0 Å². The molecular weight excluding hydrogens is 295 g/mol. The van der Waals surface area contributed by atoms with Crippen molar-refractivity contribution in [3.8, 4) is 11.8 Å². The minimum Gasteiger partial charge on any atom is -0.445 e. The summed E-state index contributed by atoms with van der Waals surface area (Å²) in [5, 5.41) is 2.62. The number of nitrogens with one attached hydrogen (secondary N) is 1. The van der Waals surface area contributed by atoms with Gasteiger partial charge in [-0.15, -0.1) is 0 Å². The molecule has 4 nitrogen and oxygen atoms in total. The molecule has 0 aliphatic rings. The molecule has 0 fully saturated rings. The number of ether oxygens (including phenoxy) is 1. The van der Waals surface area contributed by atoms with E-state index in [-0.39, 0.29) is 6.61 Å². The van der Waals surface area contributed by atoms with E-state index in [0.717, 1.165) is 5.56 Å². The first-order valence-electron chi connectivity index (χ1n) is 7.22. The quantitative estimate of drug-likeness (QED) is 0.536. The molecule has 2 rings (SSSR count). The normalized spacial score (nSPS) is 9.65. The Morgan fingerprint density at radius 3 is 2.78 bits per heavy atom. The van der Waals surface area contributed by atoms with Crippen LogP contribution in [0.4, 0.5) is 9.18 Å². The van der Waals surface area contributed by atoms with Crippen molar-refractivity contribution in [3.63, 3.8) is 0 Å². The van der Waals surface area contributed by atoms with Gasteiger partial charge in [0.2, 0.25) is 5.95 Å². The molecule has 0 aliphatic heterocycles. The van der Waals surface area contributed by atoms with Crippen LogP contribution in [0.1, 0.15) is 23.2 Å². The molecule has 0 bridgehead atoms. The number of benzene rings is 1. The number of aryl methyl sites for hydroxylation is 1. The van der Waals surface area contributed by atoms with E-state index in [1.165, 1.54) is 6.07 Å². The van der Waals surface area contributed by atoms with Crippen LogP contribution in [-0.2, 0) is 11.3 Å². The molecule has 0 saturated heterocycles. The summed E-state index contributed by atoms with van der Waals surface area (Å²) in [7, 11) is 0. The van der Waals surface area contributed by atoms with Gasteiger partial charge in [-0.2, -0.15) is 4.39 Å². The molecule has 0 spiro atoms. The highest BCUT2D eigenvalue weighted by atomic mass is 19.1. The van der Waals surface area contributed by atoms with Crippen LogP contribution in [0, 0.1) is 24.7 Å². The molecule has 1 N–H and O–H groups in total. The van der Waals surface area contributed by atoms with Crippen molar-refractivity contribution in [1.82, 2.24) is 10.3 Å². The summed E-state index contributed by atoms with van der Waals surface area (Å²) < 4.78 is 17.9. The molecule has 0 radical (unpaired) electrons. The van der Waals surface area contributed by atoms with E-state index >= 15 is 0 Å². The molecule has 1 heterocycles. The second-order valence-electron chi connectivity index (χ2n) is 4.81. The van der Waals surface area contributed by atoms with Crippen LogP contribution in [0.3, 0.4) is 0 Å². The van der Waals surface area contributed by atoms with Gasteiger partial charge in [-0.3, -0.25) is 0 Å². The smallest absolute Gasteiger partial charge is 0.407 e. The third-order valence-electron chi connectivity index (χ3n) is 3.01. The molecule has 2 aromatic rings. The number of aromatic nitrogens is 1. The van der Waals surface area contributed by atoms with Crippen LogP contribution in [0.25, 0.3) is 0 Å². The minimum absolute atomic E-state index is 0.235. The van der Waals surface area contributed by atoms with E-state index in [2.05, 4.69) is 22.1 Å². The third-order valence-corrected chi connectivity index (χ3v) is 3.01. The summed E-state index contributed by atoms with van der Waals surface area (Å²) in [5.74, 6) is 5.29. The summed E-state index contributed by atoms with van der Waals surface area (Å²) in [6.45, 7) is 2.32. The van der Waals surface area contributed by atoms with Gasteiger partial charge in [-0.1, -0.05) is 42.2 Å². The van der Waals surface area contributed by atoms with Crippen LogP contribution in [-0.4, -0.2) is 17.6 Å². The maximum absolute atomic E-state index is 12.9. The molecule has 1 amide bonds. The second kappa shape index (κ2) is 8.54. The Kier molecular flexibility index (Phi) is 6.13. The van der Waals surface area contributed by atoms with E-state index in [1.54, 1.807) is 13.0 Å². The summed E-state index contributed by atoms with van der Waals surface area (Å²) in [6.07, 6.45) is -0.00709. The van der Waals surface area contributed by atoms with E-state index in [9.17, 15) is 9.18 Å². The predicted octanol–water partition coefficient (Wildman–Crippen LogP) is 3.20. The van der Waals surface area contributed by atoms with Crippen molar-refractivity contribution in [2.75, 3.05) is 6.54 Å². The van der Waals surface area contributed by atoms with Crippen molar-refractivity contribution in [2.24, 2.45) is 0 Å². The lowest BCUT2D eigenvalue weighted by Crippen LogP contribution is -2.24. The number of hydrogen-bond donors (Lipinski definition) is 1. The molecule has 23 heavy (non-hydrogen) atoms. The largest absolute Gasteiger partial charge is 0.445 e. The highest BCUT2D eigenvalue weighted by Crippen LogP contribution is 2.04. The number of rotatable bonds is 4. The zero-order valence-electron chi connectivity index (χ0n) is 12.8. The van der Waals surface area contributed by atoms with Gasteiger partial charge in [0.05, 0.1) is 5.69 Å². The van der Waals surface area contributed by atoms with Crippen molar-refractivity contribution < 1.29 is 13.9 Å². The van der Waals surface area contributed by atoms with Crippen molar-refractivity contribution in [2.45, 2.75) is 20.0 Å². The van der Waals surface area contributed by atoms with Crippen LogP contribution < -0.4 is 5.32 Å². The number of alkyl carbamates (subject to hydrolysis) is 1. The standard InChI is InChI=1S/C18H17FN2O2/c1-14-16(10-11-17(19)21-14)9-5-6-12-20-18(22)23-13-15-7-3-2-4-8-15/h2-4,7-8,10-11H,6,12-13H2,1H3,(H,20,22). The lowest BCUT2D eigenvalue weighted by molar-refractivity contribution is 0.140. The molecule has 0 saturated carbocycles. The van der Waals surface area contributed by atoms with Crippen LogP contribution in [0.2, 0.25) is 0 Å². The number of halogens is 1. The molecule has 118 valence electrons. The summed E-state index contributed by atoms with van der Waals surface area (Å²) >= 11 is 0. The van der Waals surface area contributed by atoms with Crippen molar-refractivity contribution >= 4 is 6.09 Å². The number of carbonyl (C=O) groups is 1. The second-order valence-corrected chi connectivity index (χ2v) is 4.81. The number of pyridine rings is 1. The lowest BCUT2D eigenvalue weighted by Gasteiger charge is -2.05. The highest BCUT2D eigenvalue weighted by molar-refractivity contribution is 5.67. The van der Waals surface area contributed by atoms with Gasteiger partial charge < -0.3 is 10.1 Å². The van der Waals surface area contributed by atoms with Gasteiger partial charge in [-0.05, 0) is 24.6 Å². The third kappa shape index (κ3) is 5.79. The highest BCUT2D eigenvalue weighted by Gasteiger charge is 2.01. The minimum atomic E-state index is -0.518. The monoisotopic (exact) mass is 312 g/mol. The van der Waals surface area contributed by atoms with Gasteiger partial charge in [0, 0.05) is 18.5 Å². The van der Waals surface area contributed by atoms with E-state index in [4.69, 9.17) is 4.74 Å². The maximum Gasteiger partial charge on any atom is 0.407 e. The molecular formula is C18H17FN2O2. The average molecular weight is 312 g/mol. The Hall–Kier alpha value is -2.87. The Morgan fingerprint density at radius 2 is 2.04 bits per heavy atom. The van der Waals surface area contributed by atoms with Gasteiger partial charge >= 0.3 is 6.09 Å². The summed E-state index contributed by atoms with van der Waals surface area (Å²) in [5.41, 5.74) is 2.16. The molecule has 1 aromatic heterocycles. The van der Waals surface area contributed by atoms with Crippen molar-refractivity contribution in [1.29, 1.82) is 0 Å². The first kappa shape index (κ1) is 16.5. The fourth-order valence-corrected chi connectivity index (χ4v) is 1.82. The Balaban J connectivity index is 1.69. The number of hydrogen-bond acceptors (Lipinski definition) is 3. The maximum atomic E-state index is 12.9. The summed E-state index contributed by atoms with van der Waals surface area (Å²) in [4.78, 5) is 15.2. The SMILES string of the molecule is Cc1nc(F)ccc1C#CCCNC(=O)OCc1ccccc1. The molecule has 5 heteroatoms. The number of amides is 1. The zero-order valence-corrected chi connectivity index (χ0v) is 12.8. The summed E-state index contributed by atoms with van der Waals surface area (Å²) in [6, 6.07) is 12.3. The Labute approximate surface area is 134 Å². The first-order chi connectivity index (χ1) is 11.1. The van der Waals surface area contributed by atoms with E-state index in [0.29, 0.717) is 24.2 Å². The number of carbonyl (C=O) groups excluding carboxylic acids is 1.